The molecule has 1 aromatic carbocycles. The summed E-state index contributed by atoms with van der Waals surface area (Å²) >= 11 is 0. The molecular weight excluding hydrogens is 385 g/mol. The number of nitrogens with zero attached hydrogens (tertiary/aromatic N) is 1. The van der Waals surface area contributed by atoms with Gasteiger partial charge in [0.05, 0.1) is 16.2 Å². The first-order valence-electron chi connectivity index (χ1n) is 7.84. The number of hydrogen-bond donors (Lipinski definition) is 1. The molecule has 1 amide bonds. The lowest BCUT2D eigenvalue weighted by Gasteiger charge is -2.16. The number of furan rings is 1. The predicted octanol–water partition coefficient (Wildman–Crippen LogP) is 4.01. The number of hydrogen-bond acceptors (Lipinski definition) is 6. The second kappa shape index (κ2) is 7.71. The van der Waals surface area contributed by atoms with Crippen LogP contribution in [0.25, 0.3) is 0 Å². The van der Waals surface area contributed by atoms with E-state index in [0.717, 1.165) is 12.1 Å². The summed E-state index contributed by atoms with van der Waals surface area (Å²) in [5, 5.41) is 12.7. The second-order valence-electron chi connectivity index (χ2n) is 5.85. The molecule has 1 N–H and O–H groups in total. The van der Waals surface area contributed by atoms with Crippen molar-refractivity contribution in [1.82, 2.24) is 0 Å². The van der Waals surface area contributed by atoms with E-state index in [0.29, 0.717) is 11.8 Å². The molecule has 0 aliphatic heterocycles. The molecule has 2 aromatic rings. The van der Waals surface area contributed by atoms with Crippen LogP contribution < -0.4 is 5.32 Å². The topological polar surface area (TPSA) is 112 Å². The number of alkyl halides is 3. The van der Waals surface area contributed by atoms with E-state index in [4.69, 9.17) is 9.15 Å². The van der Waals surface area contributed by atoms with Gasteiger partial charge in [-0.15, -0.1) is 0 Å². The van der Waals surface area contributed by atoms with Crippen molar-refractivity contribution < 1.29 is 36.8 Å². The van der Waals surface area contributed by atoms with Gasteiger partial charge in [0.1, 0.15) is 17.1 Å². The zero-order valence-electron chi connectivity index (χ0n) is 14.9. The van der Waals surface area contributed by atoms with Crippen LogP contribution in [0.5, 0.6) is 0 Å². The van der Waals surface area contributed by atoms with Crippen molar-refractivity contribution in [3.63, 3.8) is 0 Å². The van der Waals surface area contributed by atoms with Crippen molar-refractivity contribution in [2.45, 2.75) is 33.1 Å². The van der Waals surface area contributed by atoms with E-state index in [2.05, 4.69) is 0 Å². The Labute approximate surface area is 156 Å². The number of carbonyl (C=O) groups is 2. The fraction of sp³-hybridized carbons (Fsp3) is 0.294. The molecule has 0 fully saturated rings. The number of rotatable bonds is 5. The number of aryl methyl sites for hydroxylation is 2. The third kappa shape index (κ3) is 4.67. The number of carbonyl (C=O) groups excluding carboxylic acids is 2. The number of nitrogens with one attached hydrogen (secondary N) is 1. The lowest BCUT2D eigenvalue weighted by atomic mass is 10.1. The van der Waals surface area contributed by atoms with Crippen molar-refractivity contribution in [3.8, 4) is 0 Å². The van der Waals surface area contributed by atoms with E-state index in [1.165, 1.54) is 19.9 Å². The van der Waals surface area contributed by atoms with Gasteiger partial charge in [0, 0.05) is 12.1 Å². The largest absolute Gasteiger partial charge is 0.466 e. The maximum Gasteiger partial charge on any atom is 0.418 e. The van der Waals surface area contributed by atoms with E-state index >= 15 is 0 Å². The Morgan fingerprint density at radius 2 is 1.89 bits per heavy atom. The summed E-state index contributed by atoms with van der Waals surface area (Å²) in [6.45, 7) is 4.29. The molecule has 0 spiro atoms. The highest BCUT2D eigenvalue weighted by Gasteiger charge is 2.36. The molecule has 11 heteroatoms. The normalized spacial score (nSPS) is 12.4. The average Bonchev–Trinajstić information content (AvgIpc) is 2.92. The molecule has 1 heterocycles. The molecule has 0 bridgehead atoms. The summed E-state index contributed by atoms with van der Waals surface area (Å²) in [5.41, 5.74) is -2.78. The Morgan fingerprint density at radius 1 is 1.25 bits per heavy atom. The van der Waals surface area contributed by atoms with Gasteiger partial charge < -0.3 is 14.5 Å². The van der Waals surface area contributed by atoms with Crippen molar-refractivity contribution in [1.29, 1.82) is 0 Å². The minimum Gasteiger partial charge on any atom is -0.466 e. The van der Waals surface area contributed by atoms with Crippen LogP contribution in [-0.2, 0) is 15.7 Å². The van der Waals surface area contributed by atoms with Crippen LogP contribution in [0.2, 0.25) is 0 Å². The van der Waals surface area contributed by atoms with Crippen LogP contribution in [0.4, 0.5) is 24.5 Å². The van der Waals surface area contributed by atoms with E-state index in [-0.39, 0.29) is 11.3 Å². The molecule has 0 saturated heterocycles. The molecule has 0 aliphatic rings. The van der Waals surface area contributed by atoms with Gasteiger partial charge in [0.2, 0.25) is 0 Å². The van der Waals surface area contributed by atoms with Gasteiger partial charge in [0.25, 0.3) is 11.6 Å². The Bertz CT molecular complexity index is 935. The molecule has 28 heavy (non-hydrogen) atoms. The standard InChI is InChI=1S/C17H15F3N2O6/c1-8-6-12(9(2)27-8)16(24)28-10(3)15(23)21-14-5-4-11(22(25)26)7-13(14)17(18,19)20/h4-7,10H,1-3H3,(H,21,23)/t10-/m1/s1. The quantitative estimate of drug-likeness (QED) is 0.461. The Hall–Kier alpha value is -3.37. The van der Waals surface area contributed by atoms with Gasteiger partial charge in [-0.3, -0.25) is 14.9 Å². The third-order valence-electron chi connectivity index (χ3n) is 3.69. The summed E-state index contributed by atoms with van der Waals surface area (Å²) in [4.78, 5) is 33.9. The zero-order chi connectivity index (χ0) is 21.2. The minimum atomic E-state index is -4.94. The molecule has 0 unspecified atom stereocenters. The predicted molar refractivity (Wildman–Crippen MR) is 89.8 cm³/mol. The van der Waals surface area contributed by atoms with Crippen LogP contribution in [0, 0.1) is 24.0 Å². The first-order chi connectivity index (χ1) is 12.9. The van der Waals surface area contributed by atoms with Crippen LogP contribution in [0.3, 0.4) is 0 Å². The van der Waals surface area contributed by atoms with Gasteiger partial charge >= 0.3 is 12.1 Å². The van der Waals surface area contributed by atoms with Crippen molar-refractivity contribution in [2.24, 2.45) is 0 Å². The fourth-order valence-electron chi connectivity index (χ4n) is 2.33. The smallest absolute Gasteiger partial charge is 0.418 e. The van der Waals surface area contributed by atoms with Crippen LogP contribution in [0.1, 0.15) is 34.4 Å². The number of nitro groups is 1. The van der Waals surface area contributed by atoms with Crippen LogP contribution >= 0.6 is 0 Å². The maximum absolute atomic E-state index is 13.2. The second-order valence-corrected chi connectivity index (χ2v) is 5.85. The Morgan fingerprint density at radius 3 is 2.39 bits per heavy atom. The van der Waals surface area contributed by atoms with Crippen molar-refractivity contribution >= 4 is 23.3 Å². The number of nitro benzene ring substituents is 1. The lowest BCUT2D eigenvalue weighted by molar-refractivity contribution is -0.385. The molecule has 2 rings (SSSR count). The van der Waals surface area contributed by atoms with E-state index in [9.17, 15) is 32.9 Å². The monoisotopic (exact) mass is 400 g/mol. The number of amides is 1. The number of anilines is 1. The number of benzene rings is 1. The number of halogens is 3. The summed E-state index contributed by atoms with van der Waals surface area (Å²) in [7, 11) is 0. The van der Waals surface area contributed by atoms with Crippen molar-refractivity contribution in [3.05, 3.63) is 57.0 Å². The Balaban J connectivity index is 2.18. The molecule has 0 radical (unpaired) electrons. The average molecular weight is 400 g/mol. The van der Waals surface area contributed by atoms with Crippen LogP contribution in [0.15, 0.2) is 28.7 Å². The highest BCUT2D eigenvalue weighted by molar-refractivity contribution is 5.98. The van der Waals surface area contributed by atoms with E-state index in [1.54, 1.807) is 6.92 Å². The highest BCUT2D eigenvalue weighted by Crippen LogP contribution is 2.37. The number of non-ortho nitro benzene ring substituents is 1. The molecule has 150 valence electrons. The minimum absolute atomic E-state index is 0.0865. The van der Waals surface area contributed by atoms with Gasteiger partial charge in [-0.05, 0) is 32.9 Å². The van der Waals surface area contributed by atoms with E-state index < -0.39 is 46.0 Å². The fourth-order valence-corrected chi connectivity index (χ4v) is 2.33. The van der Waals surface area contributed by atoms with Gasteiger partial charge in [-0.2, -0.15) is 13.2 Å². The van der Waals surface area contributed by atoms with Gasteiger partial charge in [-0.25, -0.2) is 4.79 Å². The maximum atomic E-state index is 13.2. The first-order valence-corrected chi connectivity index (χ1v) is 7.84. The summed E-state index contributed by atoms with van der Waals surface area (Å²) in [6, 6.07) is 3.29. The summed E-state index contributed by atoms with van der Waals surface area (Å²) in [5.74, 6) is -1.20. The lowest BCUT2D eigenvalue weighted by Crippen LogP contribution is -2.30. The molecule has 0 saturated carbocycles. The third-order valence-corrected chi connectivity index (χ3v) is 3.69. The summed E-state index contributed by atoms with van der Waals surface area (Å²) in [6.07, 6.45) is -6.38. The number of ether oxygens (including phenoxy) is 1. The molecule has 8 nitrogen and oxygen atoms in total. The van der Waals surface area contributed by atoms with Gasteiger partial charge in [-0.1, -0.05) is 0 Å². The van der Waals surface area contributed by atoms with Gasteiger partial charge in [0.15, 0.2) is 6.10 Å². The zero-order valence-corrected chi connectivity index (χ0v) is 14.9. The van der Waals surface area contributed by atoms with E-state index in [1.807, 2.05) is 5.32 Å². The molecule has 1 atom stereocenters. The Kier molecular flexibility index (Phi) is 5.76. The van der Waals surface area contributed by atoms with Crippen molar-refractivity contribution in [2.75, 3.05) is 5.32 Å². The summed E-state index contributed by atoms with van der Waals surface area (Å²) < 4.78 is 49.6. The van der Waals surface area contributed by atoms with Crippen LogP contribution in [-0.4, -0.2) is 22.9 Å². The highest BCUT2D eigenvalue weighted by atomic mass is 19.4. The molecule has 1 aromatic heterocycles. The SMILES string of the molecule is Cc1cc(C(=O)O[C@H](C)C(=O)Nc2ccc([N+](=O)[O-])cc2C(F)(F)F)c(C)o1. The number of esters is 1. The molecule has 0 aliphatic carbocycles. The molecular formula is C17H15F3N2O6. The first kappa shape index (κ1) is 20.9.